The van der Waals surface area contributed by atoms with Gasteiger partial charge in [0.2, 0.25) is 0 Å². The van der Waals surface area contributed by atoms with Crippen LogP contribution >= 0.6 is 11.6 Å². The summed E-state index contributed by atoms with van der Waals surface area (Å²) in [5, 5.41) is -3.85. The Kier molecular flexibility index (Phi) is 7.12. The summed E-state index contributed by atoms with van der Waals surface area (Å²) in [7, 11) is 0. The molecule has 30 heavy (non-hydrogen) atoms. The van der Waals surface area contributed by atoms with Gasteiger partial charge in [0.25, 0.3) is 5.24 Å². The molecule has 0 atom stereocenters. The fraction of sp³-hybridized carbons (Fsp3) is 0.909. The number of hydrogen-bond donors (Lipinski definition) is 0. The van der Waals surface area contributed by atoms with Crippen LogP contribution in [0.1, 0.15) is 12.8 Å². The Morgan fingerprint density at radius 3 is 1.10 bits per heavy atom. The summed E-state index contributed by atoms with van der Waals surface area (Å²) in [5.41, 5.74) is 0. The topological polar surface area (TPSA) is 17.1 Å². The lowest BCUT2D eigenvalue weighted by molar-refractivity contribution is -0.438. The zero-order valence-electron chi connectivity index (χ0n) is 13.1. The van der Waals surface area contributed by atoms with Crippen molar-refractivity contribution in [2.24, 2.45) is 0 Å². The third kappa shape index (κ3) is 4.11. The van der Waals surface area contributed by atoms with E-state index in [1.54, 1.807) is 0 Å². The molecule has 0 aromatic heterocycles. The van der Waals surface area contributed by atoms with E-state index in [9.17, 15) is 79.4 Å². The second-order valence-corrected chi connectivity index (χ2v) is 5.88. The SMILES string of the molecule is O=C(Cl)C(F)(F)C(F)(F)C(F)(F)C(F)(F)C(F)(F)C(F)(F)C(F)(F)CCC(F)(F)F. The van der Waals surface area contributed by atoms with Gasteiger partial charge < -0.3 is 0 Å². The summed E-state index contributed by atoms with van der Waals surface area (Å²) in [6.45, 7) is 0. The van der Waals surface area contributed by atoms with Crippen molar-refractivity contribution in [3.8, 4) is 0 Å². The fourth-order valence-electron chi connectivity index (χ4n) is 1.60. The summed E-state index contributed by atoms with van der Waals surface area (Å²) in [6.07, 6.45) is -12.2. The normalized spacial score (nSPS) is 16.1. The summed E-state index contributed by atoms with van der Waals surface area (Å²) in [4.78, 5) is 10.1. The van der Waals surface area contributed by atoms with Gasteiger partial charge in [0.15, 0.2) is 0 Å². The molecule has 0 aromatic carbocycles. The zero-order chi connectivity index (χ0) is 25.0. The molecular formula is C11H4ClF17O. The predicted molar refractivity (Wildman–Crippen MR) is 60.8 cm³/mol. The van der Waals surface area contributed by atoms with Crippen LogP contribution in [0.5, 0.6) is 0 Å². The molecule has 0 unspecified atom stereocenters. The van der Waals surface area contributed by atoms with Gasteiger partial charge in [-0.05, 0) is 11.6 Å². The van der Waals surface area contributed by atoms with Gasteiger partial charge in [-0.3, -0.25) is 4.79 Å². The van der Waals surface area contributed by atoms with Crippen molar-refractivity contribution in [3.63, 3.8) is 0 Å². The van der Waals surface area contributed by atoms with Crippen molar-refractivity contribution < 1.29 is 79.4 Å². The second-order valence-electron chi connectivity index (χ2n) is 5.54. The molecule has 0 aliphatic carbocycles. The maximum absolute atomic E-state index is 13.3. The van der Waals surface area contributed by atoms with Crippen LogP contribution in [0.25, 0.3) is 0 Å². The smallest absolute Gasteiger partial charge is 0.274 e. The van der Waals surface area contributed by atoms with Crippen molar-refractivity contribution in [1.29, 1.82) is 0 Å². The molecule has 0 fully saturated rings. The molecule has 0 amide bonds. The monoisotopic (exact) mass is 510 g/mol. The van der Waals surface area contributed by atoms with Crippen LogP contribution in [-0.4, -0.2) is 52.9 Å². The molecule has 0 N–H and O–H groups in total. The van der Waals surface area contributed by atoms with Crippen LogP contribution < -0.4 is 0 Å². The molecule has 0 heterocycles. The van der Waals surface area contributed by atoms with Crippen molar-refractivity contribution in [2.75, 3.05) is 0 Å². The number of carbonyl (C=O) groups is 1. The Balaban J connectivity index is 6.49. The van der Waals surface area contributed by atoms with E-state index in [0.717, 1.165) is 0 Å². The van der Waals surface area contributed by atoms with E-state index in [2.05, 4.69) is 11.6 Å². The molecule has 1 nitrogen and oxygen atoms in total. The van der Waals surface area contributed by atoms with E-state index in [1.165, 1.54) is 0 Å². The first-order valence-electron chi connectivity index (χ1n) is 6.56. The maximum atomic E-state index is 13.3. The standard InChI is InChI=1S/C11H4ClF17O/c12-3(30)6(18,19)8(22,23)10(26,27)11(28,29)9(24,25)7(20,21)4(13,14)1-2-5(15,16)17/h1-2H2. The second kappa shape index (κ2) is 7.43. The molecule has 19 heteroatoms. The highest BCUT2D eigenvalue weighted by Crippen LogP contribution is 2.62. The minimum atomic E-state index is -8.48. The summed E-state index contributed by atoms with van der Waals surface area (Å²) in [6, 6.07) is 0. The molecule has 180 valence electrons. The van der Waals surface area contributed by atoms with Crippen LogP contribution in [0.4, 0.5) is 74.6 Å². The Morgan fingerprint density at radius 2 is 0.800 bits per heavy atom. The minimum Gasteiger partial charge on any atom is -0.274 e. The molecule has 0 radical (unpaired) electrons. The number of alkyl halides is 17. The maximum Gasteiger partial charge on any atom is 0.389 e. The fourth-order valence-corrected chi connectivity index (χ4v) is 1.72. The Hall–Kier alpha value is -1.23. The highest BCUT2D eigenvalue weighted by molar-refractivity contribution is 6.65. The average molecular weight is 511 g/mol. The van der Waals surface area contributed by atoms with E-state index >= 15 is 0 Å². The summed E-state index contributed by atoms with van der Waals surface area (Å²) < 4.78 is 219. The third-order valence-corrected chi connectivity index (χ3v) is 3.64. The molecule has 0 saturated carbocycles. The average Bonchev–Trinajstić information content (AvgIpc) is 2.51. The van der Waals surface area contributed by atoms with Gasteiger partial charge >= 0.3 is 47.6 Å². The van der Waals surface area contributed by atoms with Crippen LogP contribution in [0.3, 0.4) is 0 Å². The van der Waals surface area contributed by atoms with E-state index in [4.69, 9.17) is 0 Å². The molecule has 0 rings (SSSR count). The number of halogens is 18. The molecule has 0 aliphatic rings. The summed E-state index contributed by atoms with van der Waals surface area (Å²) in [5.74, 6) is -55.0. The van der Waals surface area contributed by atoms with E-state index in [1.807, 2.05) is 0 Å². The van der Waals surface area contributed by atoms with Crippen LogP contribution in [0.15, 0.2) is 0 Å². The van der Waals surface area contributed by atoms with Crippen LogP contribution in [0.2, 0.25) is 0 Å². The highest BCUT2D eigenvalue weighted by Gasteiger charge is 2.93. The first kappa shape index (κ1) is 28.8. The van der Waals surface area contributed by atoms with Gasteiger partial charge in [-0.25, -0.2) is 0 Å². The molecule has 0 spiro atoms. The Labute approximate surface area is 158 Å². The quantitative estimate of drug-likeness (QED) is 0.254. The Bertz CT molecular complexity index is 649. The Morgan fingerprint density at radius 1 is 0.500 bits per heavy atom. The van der Waals surface area contributed by atoms with E-state index in [0.29, 0.717) is 0 Å². The van der Waals surface area contributed by atoms with Crippen molar-refractivity contribution >= 4 is 16.8 Å². The molecule has 0 aromatic rings. The highest BCUT2D eigenvalue weighted by atomic mass is 35.5. The number of rotatable bonds is 9. The van der Waals surface area contributed by atoms with Gasteiger partial charge in [0.1, 0.15) is 0 Å². The minimum absolute atomic E-state index is 3.05. The first-order valence-corrected chi connectivity index (χ1v) is 6.94. The third-order valence-electron chi connectivity index (χ3n) is 3.40. The predicted octanol–water partition coefficient (Wildman–Crippen LogP) is 6.54. The van der Waals surface area contributed by atoms with Gasteiger partial charge in [-0.15, -0.1) is 0 Å². The lowest BCUT2D eigenvalue weighted by atomic mass is 9.88. The largest absolute Gasteiger partial charge is 0.389 e. The molecule has 0 bridgehead atoms. The van der Waals surface area contributed by atoms with Crippen LogP contribution in [0, 0.1) is 0 Å². The lowest BCUT2D eigenvalue weighted by Crippen LogP contribution is -2.73. The van der Waals surface area contributed by atoms with Crippen molar-refractivity contribution in [2.45, 2.75) is 60.5 Å². The van der Waals surface area contributed by atoms with E-state index in [-0.39, 0.29) is 0 Å². The van der Waals surface area contributed by atoms with Gasteiger partial charge in [0, 0.05) is 12.8 Å². The van der Waals surface area contributed by atoms with Crippen molar-refractivity contribution in [3.05, 3.63) is 0 Å². The van der Waals surface area contributed by atoms with E-state index < -0.39 is 65.7 Å². The summed E-state index contributed by atoms with van der Waals surface area (Å²) >= 11 is 3.76. The molecular weight excluding hydrogens is 507 g/mol. The van der Waals surface area contributed by atoms with Gasteiger partial charge in [-0.2, -0.15) is 74.6 Å². The lowest BCUT2D eigenvalue weighted by Gasteiger charge is -2.42. The van der Waals surface area contributed by atoms with Gasteiger partial charge in [-0.1, -0.05) is 0 Å². The van der Waals surface area contributed by atoms with Crippen LogP contribution in [-0.2, 0) is 4.79 Å². The molecule has 0 saturated heterocycles. The molecule has 0 aliphatic heterocycles. The first-order chi connectivity index (χ1) is 12.7. The van der Waals surface area contributed by atoms with Crippen molar-refractivity contribution in [1.82, 2.24) is 0 Å². The zero-order valence-corrected chi connectivity index (χ0v) is 13.9. The number of carbonyl (C=O) groups excluding carboxylic acids is 1. The van der Waals surface area contributed by atoms with Gasteiger partial charge in [0.05, 0.1) is 0 Å². The number of hydrogen-bond acceptors (Lipinski definition) is 1.